The molecule has 3 aromatic carbocycles. The molecule has 0 bridgehead atoms. The number of nitrogens with one attached hydrogen (secondary N) is 1. The van der Waals surface area contributed by atoms with Crippen LogP contribution in [-0.4, -0.2) is 32.6 Å². The van der Waals surface area contributed by atoms with Crippen molar-refractivity contribution >= 4 is 34.8 Å². The van der Waals surface area contributed by atoms with Gasteiger partial charge in [0.1, 0.15) is 12.4 Å². The number of ether oxygens (including phenoxy) is 3. The predicted octanol–water partition coefficient (Wildman–Crippen LogP) is 5.32. The molecular formula is C26H25ClN2O5. The normalized spacial score (nSPS) is 13.0. The van der Waals surface area contributed by atoms with E-state index >= 15 is 0 Å². The molecule has 1 fully saturated rings. The maximum atomic E-state index is 12.9. The largest absolute Gasteiger partial charge is 0.494 e. The zero-order valence-electron chi connectivity index (χ0n) is 19.0. The number of rotatable bonds is 8. The van der Waals surface area contributed by atoms with Crippen LogP contribution in [0.15, 0.2) is 60.7 Å². The summed E-state index contributed by atoms with van der Waals surface area (Å²) in [5.74, 6) is 1.25. The van der Waals surface area contributed by atoms with Gasteiger partial charge < -0.3 is 24.4 Å². The second-order valence-electron chi connectivity index (χ2n) is 7.77. The lowest BCUT2D eigenvalue weighted by atomic mass is 10.1. The topological polar surface area (TPSA) is 77.1 Å². The average Bonchev–Trinajstić information content (AvgIpc) is 3.29. The van der Waals surface area contributed by atoms with E-state index < -0.39 is 0 Å². The molecule has 0 aliphatic carbocycles. The molecule has 0 radical (unpaired) electrons. The van der Waals surface area contributed by atoms with Gasteiger partial charge in [-0.15, -0.1) is 0 Å². The van der Waals surface area contributed by atoms with Crippen LogP contribution >= 0.6 is 11.6 Å². The Labute approximate surface area is 203 Å². The summed E-state index contributed by atoms with van der Waals surface area (Å²) in [6.07, 6.45) is 1.35. The lowest BCUT2D eigenvalue weighted by Gasteiger charge is -2.19. The summed E-state index contributed by atoms with van der Waals surface area (Å²) in [6.45, 7) is 0.998. The number of carbonyl (C=O) groups is 2. The van der Waals surface area contributed by atoms with E-state index in [2.05, 4.69) is 5.32 Å². The number of carbonyl (C=O) groups excluding carboxylic acids is 2. The van der Waals surface area contributed by atoms with Gasteiger partial charge in [0, 0.05) is 35.3 Å². The third kappa shape index (κ3) is 5.26. The molecule has 0 spiro atoms. The zero-order valence-corrected chi connectivity index (χ0v) is 19.7. The molecule has 0 aromatic heterocycles. The smallest absolute Gasteiger partial charge is 0.255 e. The van der Waals surface area contributed by atoms with Crippen LogP contribution in [-0.2, 0) is 11.4 Å². The van der Waals surface area contributed by atoms with Crippen molar-refractivity contribution in [1.82, 2.24) is 0 Å². The van der Waals surface area contributed by atoms with Crippen LogP contribution in [0.2, 0.25) is 5.02 Å². The molecule has 34 heavy (non-hydrogen) atoms. The minimum atomic E-state index is -0.311. The maximum Gasteiger partial charge on any atom is 0.255 e. The molecule has 1 N–H and O–H groups in total. The number of methoxy groups -OCH3 is 2. The average molecular weight is 481 g/mol. The Morgan fingerprint density at radius 2 is 1.74 bits per heavy atom. The second-order valence-corrected chi connectivity index (χ2v) is 8.21. The quantitative estimate of drug-likeness (QED) is 0.472. The zero-order chi connectivity index (χ0) is 24.1. The molecule has 1 aliphatic heterocycles. The van der Waals surface area contributed by atoms with Crippen molar-refractivity contribution < 1.29 is 23.8 Å². The number of anilines is 2. The fourth-order valence-electron chi connectivity index (χ4n) is 3.75. The maximum absolute atomic E-state index is 12.9. The standard InChI is InChI=1S/C26H25ClN2O5/c1-32-23-15-20(10-11-21(23)29-13-3-4-25(29)30)28-26(31)18-7-12-22(24(14-18)33-2)34-16-17-5-8-19(27)9-6-17/h5-12,14-15H,3-4,13,16H2,1-2H3,(H,28,31). The Balaban J connectivity index is 1.46. The molecular weight excluding hydrogens is 456 g/mol. The van der Waals surface area contributed by atoms with E-state index in [-0.39, 0.29) is 11.8 Å². The lowest BCUT2D eigenvalue weighted by Crippen LogP contribution is -2.24. The Morgan fingerprint density at radius 1 is 0.971 bits per heavy atom. The molecule has 8 heteroatoms. The summed E-state index contributed by atoms with van der Waals surface area (Å²) >= 11 is 5.92. The van der Waals surface area contributed by atoms with E-state index in [0.717, 1.165) is 12.0 Å². The molecule has 0 atom stereocenters. The van der Waals surface area contributed by atoms with E-state index in [1.54, 1.807) is 60.5 Å². The lowest BCUT2D eigenvalue weighted by molar-refractivity contribution is -0.117. The minimum absolute atomic E-state index is 0.0700. The predicted molar refractivity (Wildman–Crippen MR) is 131 cm³/mol. The number of halogens is 1. The van der Waals surface area contributed by atoms with Crippen molar-refractivity contribution in [3.63, 3.8) is 0 Å². The summed E-state index contributed by atoms with van der Waals surface area (Å²) in [4.78, 5) is 26.7. The van der Waals surface area contributed by atoms with Gasteiger partial charge >= 0.3 is 0 Å². The van der Waals surface area contributed by atoms with Crippen molar-refractivity contribution in [2.45, 2.75) is 19.4 Å². The van der Waals surface area contributed by atoms with Crippen LogP contribution in [0.25, 0.3) is 0 Å². The fraction of sp³-hybridized carbons (Fsp3) is 0.231. The highest BCUT2D eigenvalue weighted by Crippen LogP contribution is 2.34. The van der Waals surface area contributed by atoms with Gasteiger partial charge in [0.25, 0.3) is 5.91 Å². The molecule has 4 rings (SSSR count). The number of amides is 2. The first kappa shape index (κ1) is 23.4. The first-order valence-corrected chi connectivity index (χ1v) is 11.2. The minimum Gasteiger partial charge on any atom is -0.494 e. The van der Waals surface area contributed by atoms with E-state index in [0.29, 0.717) is 58.8 Å². The molecule has 1 heterocycles. The summed E-state index contributed by atoms with van der Waals surface area (Å²) in [6, 6.07) is 17.6. The Morgan fingerprint density at radius 3 is 2.41 bits per heavy atom. The van der Waals surface area contributed by atoms with Crippen LogP contribution in [0, 0.1) is 0 Å². The number of nitrogens with zero attached hydrogens (tertiary/aromatic N) is 1. The SMILES string of the molecule is COc1cc(C(=O)Nc2ccc(N3CCCC3=O)c(OC)c2)ccc1OCc1ccc(Cl)cc1. The highest BCUT2D eigenvalue weighted by Gasteiger charge is 2.24. The number of hydrogen-bond acceptors (Lipinski definition) is 5. The fourth-order valence-corrected chi connectivity index (χ4v) is 3.88. The van der Waals surface area contributed by atoms with Crippen LogP contribution in [0.4, 0.5) is 11.4 Å². The molecule has 2 amide bonds. The number of hydrogen-bond donors (Lipinski definition) is 1. The molecule has 0 unspecified atom stereocenters. The van der Waals surface area contributed by atoms with Crippen LogP contribution < -0.4 is 24.4 Å². The molecule has 1 aliphatic rings. The van der Waals surface area contributed by atoms with Gasteiger partial charge in [-0.25, -0.2) is 0 Å². The summed E-state index contributed by atoms with van der Waals surface area (Å²) in [5, 5.41) is 3.53. The molecule has 176 valence electrons. The van der Waals surface area contributed by atoms with Gasteiger partial charge in [-0.1, -0.05) is 23.7 Å². The second kappa shape index (κ2) is 10.5. The van der Waals surface area contributed by atoms with Gasteiger partial charge in [-0.3, -0.25) is 9.59 Å². The summed E-state index contributed by atoms with van der Waals surface area (Å²) < 4.78 is 16.8. The monoisotopic (exact) mass is 480 g/mol. The first-order valence-electron chi connectivity index (χ1n) is 10.8. The van der Waals surface area contributed by atoms with Crippen LogP contribution in [0.1, 0.15) is 28.8 Å². The molecule has 0 saturated carbocycles. The van der Waals surface area contributed by atoms with Gasteiger partial charge in [0.15, 0.2) is 11.5 Å². The van der Waals surface area contributed by atoms with E-state index in [4.69, 9.17) is 25.8 Å². The van der Waals surface area contributed by atoms with Crippen molar-refractivity contribution in [1.29, 1.82) is 0 Å². The molecule has 1 saturated heterocycles. The van der Waals surface area contributed by atoms with Crippen molar-refractivity contribution in [2.75, 3.05) is 31.0 Å². The van der Waals surface area contributed by atoms with Crippen LogP contribution in [0.5, 0.6) is 17.2 Å². The number of benzene rings is 3. The first-order chi connectivity index (χ1) is 16.5. The third-order valence-electron chi connectivity index (χ3n) is 5.54. The van der Waals surface area contributed by atoms with E-state index in [1.807, 2.05) is 12.1 Å². The van der Waals surface area contributed by atoms with E-state index in [1.165, 1.54) is 7.11 Å². The van der Waals surface area contributed by atoms with Crippen molar-refractivity contribution in [3.8, 4) is 17.2 Å². The Hall–Kier alpha value is -3.71. The summed E-state index contributed by atoms with van der Waals surface area (Å²) in [5.41, 5.74) is 2.63. The van der Waals surface area contributed by atoms with Gasteiger partial charge in [-0.2, -0.15) is 0 Å². The van der Waals surface area contributed by atoms with E-state index in [9.17, 15) is 9.59 Å². The van der Waals surface area contributed by atoms with Gasteiger partial charge in [0.2, 0.25) is 5.91 Å². The Bertz CT molecular complexity index is 1200. The molecule has 7 nitrogen and oxygen atoms in total. The Kier molecular flexibility index (Phi) is 7.23. The van der Waals surface area contributed by atoms with Gasteiger partial charge in [0.05, 0.1) is 19.9 Å². The van der Waals surface area contributed by atoms with Crippen molar-refractivity contribution in [2.24, 2.45) is 0 Å². The highest BCUT2D eigenvalue weighted by molar-refractivity contribution is 6.30. The summed E-state index contributed by atoms with van der Waals surface area (Å²) in [7, 11) is 3.06. The van der Waals surface area contributed by atoms with Crippen molar-refractivity contribution in [3.05, 3.63) is 76.8 Å². The van der Waals surface area contributed by atoms with Crippen LogP contribution in [0.3, 0.4) is 0 Å². The molecule has 3 aromatic rings. The highest BCUT2D eigenvalue weighted by atomic mass is 35.5. The third-order valence-corrected chi connectivity index (χ3v) is 5.79. The van der Waals surface area contributed by atoms with Gasteiger partial charge in [-0.05, 0) is 54.4 Å².